The van der Waals surface area contributed by atoms with Crippen molar-refractivity contribution in [3.8, 4) is 0 Å². The predicted octanol–water partition coefficient (Wildman–Crippen LogP) is 3.51. The van der Waals surface area contributed by atoms with E-state index in [1.807, 2.05) is 72.8 Å². The van der Waals surface area contributed by atoms with Crippen LogP contribution in [0.3, 0.4) is 0 Å². The second-order valence-electron chi connectivity index (χ2n) is 6.48. The quantitative estimate of drug-likeness (QED) is 0.240. The Balaban J connectivity index is 0.000000171. The zero-order chi connectivity index (χ0) is 21.3. The third-order valence-electron chi connectivity index (χ3n) is 3.99. The van der Waals surface area contributed by atoms with Crippen LogP contribution in [0.2, 0.25) is 0 Å². The molecule has 6 heteroatoms. The number of benzene rings is 4. The monoisotopic (exact) mass is 530 g/mol. The fourth-order valence-electron chi connectivity index (χ4n) is 2.42. The van der Waals surface area contributed by atoms with Gasteiger partial charge in [0.05, 0.1) is 0 Å². The van der Waals surface area contributed by atoms with Crippen LogP contribution in [-0.4, -0.2) is 20.9 Å². The Labute approximate surface area is 191 Å². The summed E-state index contributed by atoms with van der Waals surface area (Å²) >= 11 is 1.40. The van der Waals surface area contributed by atoms with Crippen molar-refractivity contribution in [2.24, 2.45) is 0 Å². The molecular formula is C24H24N4STe. The van der Waals surface area contributed by atoms with Crippen LogP contribution in [0.4, 0.5) is 22.7 Å². The molecular weight excluding hydrogens is 504 g/mol. The molecule has 0 aliphatic heterocycles. The molecule has 152 valence electrons. The van der Waals surface area contributed by atoms with E-state index in [0.717, 1.165) is 22.7 Å². The third-order valence-corrected chi connectivity index (χ3v) is 7.91. The van der Waals surface area contributed by atoms with Crippen LogP contribution in [0, 0.1) is 0 Å². The summed E-state index contributed by atoms with van der Waals surface area (Å²) in [5.41, 5.74) is 25.7. The van der Waals surface area contributed by atoms with E-state index >= 15 is 0 Å². The molecule has 0 atom stereocenters. The van der Waals surface area contributed by atoms with Gasteiger partial charge in [0.1, 0.15) is 0 Å². The molecule has 8 N–H and O–H groups in total. The van der Waals surface area contributed by atoms with E-state index in [-0.39, 0.29) is 20.9 Å². The van der Waals surface area contributed by atoms with Crippen LogP contribution in [0.5, 0.6) is 0 Å². The van der Waals surface area contributed by atoms with Crippen molar-refractivity contribution < 1.29 is 0 Å². The van der Waals surface area contributed by atoms with Crippen LogP contribution >= 0.6 is 11.8 Å². The fourth-order valence-corrected chi connectivity index (χ4v) is 5.56. The summed E-state index contributed by atoms with van der Waals surface area (Å²) in [6.07, 6.45) is 0. The summed E-state index contributed by atoms with van der Waals surface area (Å²) in [5.74, 6) is 0. The number of nitrogens with two attached hydrogens (primary N) is 4. The number of anilines is 4. The maximum atomic E-state index is 5.64. The van der Waals surface area contributed by atoms with Gasteiger partial charge in [0.15, 0.2) is 0 Å². The van der Waals surface area contributed by atoms with Gasteiger partial charge in [0.2, 0.25) is 0 Å². The first-order valence-corrected chi connectivity index (χ1v) is 12.4. The van der Waals surface area contributed by atoms with Crippen molar-refractivity contribution in [3.05, 3.63) is 97.1 Å². The Kier molecular flexibility index (Phi) is 7.92. The van der Waals surface area contributed by atoms with Gasteiger partial charge in [-0.15, -0.1) is 0 Å². The summed E-state index contributed by atoms with van der Waals surface area (Å²) in [5, 5.41) is 0. The van der Waals surface area contributed by atoms with E-state index in [1.165, 1.54) is 17.0 Å². The normalized spacial score (nSPS) is 10.1. The van der Waals surface area contributed by atoms with Crippen molar-refractivity contribution in [1.29, 1.82) is 0 Å². The molecule has 0 bridgehead atoms. The first-order chi connectivity index (χ1) is 14.5. The van der Waals surface area contributed by atoms with Gasteiger partial charge in [0.25, 0.3) is 0 Å². The third kappa shape index (κ3) is 7.23. The molecule has 0 amide bonds. The minimum absolute atomic E-state index is 0.294. The van der Waals surface area contributed by atoms with E-state index < -0.39 is 0 Å². The number of hydrogen-bond acceptors (Lipinski definition) is 5. The number of nitrogen functional groups attached to an aromatic ring is 4. The fraction of sp³-hybridized carbons (Fsp3) is 0. The Bertz CT molecular complexity index is 872. The van der Waals surface area contributed by atoms with Crippen molar-refractivity contribution >= 4 is 62.7 Å². The van der Waals surface area contributed by atoms with Gasteiger partial charge in [-0.25, -0.2) is 0 Å². The van der Waals surface area contributed by atoms with E-state index in [4.69, 9.17) is 22.9 Å². The molecule has 0 aliphatic rings. The minimum atomic E-state index is -0.294. The molecule has 0 heterocycles. The molecule has 30 heavy (non-hydrogen) atoms. The van der Waals surface area contributed by atoms with Crippen LogP contribution in [0.25, 0.3) is 0 Å². The molecule has 0 spiro atoms. The molecule has 4 aromatic rings. The van der Waals surface area contributed by atoms with Crippen molar-refractivity contribution in [2.45, 2.75) is 9.79 Å². The van der Waals surface area contributed by atoms with Crippen LogP contribution in [0.1, 0.15) is 0 Å². The van der Waals surface area contributed by atoms with Crippen molar-refractivity contribution in [3.63, 3.8) is 0 Å². The van der Waals surface area contributed by atoms with E-state index in [0.29, 0.717) is 0 Å². The van der Waals surface area contributed by atoms with Gasteiger partial charge in [-0.2, -0.15) is 0 Å². The maximum absolute atomic E-state index is 5.64. The topological polar surface area (TPSA) is 104 Å². The van der Waals surface area contributed by atoms with E-state index in [9.17, 15) is 0 Å². The molecule has 4 nitrogen and oxygen atoms in total. The summed E-state index contributed by atoms with van der Waals surface area (Å²) in [7, 11) is 0. The molecule has 0 saturated heterocycles. The van der Waals surface area contributed by atoms with Gasteiger partial charge < -0.3 is 11.5 Å². The Morgan fingerprint density at radius 2 is 0.667 bits per heavy atom. The first kappa shape index (κ1) is 21.9. The average Bonchev–Trinajstić information content (AvgIpc) is 2.75. The SMILES string of the molecule is Nc1ccc(Sc2ccc(N)cc2)cc1.Nc1ccc([Te]c2ccc(N)cc2)cc1. The zero-order valence-corrected chi connectivity index (χ0v) is 19.5. The molecule has 4 aromatic carbocycles. The van der Waals surface area contributed by atoms with Gasteiger partial charge in [-0.3, -0.25) is 0 Å². The molecule has 0 saturated carbocycles. The summed E-state index contributed by atoms with van der Waals surface area (Å²) in [6.45, 7) is 0. The predicted molar refractivity (Wildman–Crippen MR) is 133 cm³/mol. The molecule has 4 rings (SSSR count). The zero-order valence-electron chi connectivity index (χ0n) is 16.4. The standard InChI is InChI=1S/C12H12N2S.C12H12N2Te/c2*13-9-1-5-11(6-2-9)15-12-7-3-10(14)4-8-12/h2*1-8H,13-14H2. The number of hydrogen-bond donors (Lipinski definition) is 4. The van der Waals surface area contributed by atoms with Gasteiger partial charge in [-0.05, 0) is 48.5 Å². The molecule has 0 aromatic heterocycles. The first-order valence-electron chi connectivity index (χ1n) is 9.26. The van der Waals surface area contributed by atoms with Crippen molar-refractivity contribution in [1.82, 2.24) is 0 Å². The molecule has 0 radical (unpaired) electrons. The van der Waals surface area contributed by atoms with Crippen LogP contribution in [-0.2, 0) is 0 Å². The van der Waals surface area contributed by atoms with E-state index in [1.54, 1.807) is 11.8 Å². The summed E-state index contributed by atoms with van der Waals surface area (Å²) < 4.78 is 2.78. The van der Waals surface area contributed by atoms with Gasteiger partial charge in [0, 0.05) is 21.2 Å². The van der Waals surface area contributed by atoms with Gasteiger partial charge >= 0.3 is 99.5 Å². The number of rotatable bonds is 4. The van der Waals surface area contributed by atoms with E-state index in [2.05, 4.69) is 24.3 Å². The molecule has 0 aliphatic carbocycles. The van der Waals surface area contributed by atoms with Crippen molar-refractivity contribution in [2.75, 3.05) is 22.9 Å². The van der Waals surface area contributed by atoms with Gasteiger partial charge in [-0.1, -0.05) is 11.8 Å². The average molecular weight is 528 g/mol. The molecule has 0 unspecified atom stereocenters. The Morgan fingerprint density at radius 3 is 0.967 bits per heavy atom. The van der Waals surface area contributed by atoms with Crippen LogP contribution < -0.4 is 30.2 Å². The molecule has 0 fully saturated rings. The summed E-state index contributed by atoms with van der Waals surface area (Å²) in [6, 6.07) is 31.9. The summed E-state index contributed by atoms with van der Waals surface area (Å²) in [4.78, 5) is 2.35. The second-order valence-corrected chi connectivity index (χ2v) is 10.9. The Morgan fingerprint density at radius 1 is 0.400 bits per heavy atom. The van der Waals surface area contributed by atoms with Crippen LogP contribution in [0.15, 0.2) is 107 Å². The second kappa shape index (κ2) is 10.8. The Hall–Kier alpha value is -2.78.